The summed E-state index contributed by atoms with van der Waals surface area (Å²) in [6, 6.07) is 16.9. The van der Waals surface area contributed by atoms with E-state index in [0.717, 1.165) is 40.0 Å². The number of nitrogen functional groups attached to an aromatic ring is 1. The molecule has 0 radical (unpaired) electrons. The van der Waals surface area contributed by atoms with Gasteiger partial charge in [-0.15, -0.1) is 0 Å². The van der Waals surface area contributed by atoms with Gasteiger partial charge in [-0.3, -0.25) is 14.8 Å². The fourth-order valence-electron chi connectivity index (χ4n) is 4.43. The van der Waals surface area contributed by atoms with Gasteiger partial charge < -0.3 is 15.4 Å². The Morgan fingerprint density at radius 1 is 0.929 bits per heavy atom. The second kappa shape index (κ2) is 12.6. The molecular weight excluding hydrogens is 530 g/mol. The van der Waals surface area contributed by atoms with Crippen molar-refractivity contribution in [3.63, 3.8) is 0 Å². The van der Waals surface area contributed by atoms with E-state index < -0.39 is 0 Å². The number of carbonyl (C=O) groups is 1. The summed E-state index contributed by atoms with van der Waals surface area (Å²) in [5.74, 6) is 1.49. The van der Waals surface area contributed by atoms with E-state index in [9.17, 15) is 4.79 Å². The molecule has 0 aliphatic carbocycles. The van der Waals surface area contributed by atoms with Gasteiger partial charge in [0.1, 0.15) is 11.6 Å². The number of aromatic nitrogens is 5. The second-order valence-corrected chi connectivity index (χ2v) is 9.89. The Bertz CT molecular complexity index is 1660. The third-order valence-corrected chi connectivity index (χ3v) is 6.97. The third-order valence-electron chi connectivity index (χ3n) is 6.97. The highest BCUT2D eigenvalue weighted by Crippen LogP contribution is 2.23. The first kappa shape index (κ1) is 28.4. The SMILES string of the molecule is COCCN(C)c1ccc(-c2ccc(CN(C(=O)c3ccc4nc(N)c(C)cc4c3)N(C)c3ncccn3)nc2)cn1. The summed E-state index contributed by atoms with van der Waals surface area (Å²) in [4.78, 5) is 38.3. The van der Waals surface area contributed by atoms with E-state index in [1.165, 1.54) is 0 Å². The van der Waals surface area contributed by atoms with Crippen LogP contribution in [-0.4, -0.2) is 70.2 Å². The normalized spacial score (nSPS) is 11.0. The van der Waals surface area contributed by atoms with Gasteiger partial charge in [-0.05, 0) is 61.0 Å². The fraction of sp³-hybridized carbons (Fsp3) is 0.226. The number of hydrazine groups is 1. The van der Waals surface area contributed by atoms with Crippen LogP contribution in [0, 0.1) is 6.92 Å². The van der Waals surface area contributed by atoms with Crippen molar-refractivity contribution in [2.24, 2.45) is 0 Å². The van der Waals surface area contributed by atoms with E-state index in [-0.39, 0.29) is 12.5 Å². The van der Waals surface area contributed by atoms with Crippen LogP contribution in [0.5, 0.6) is 0 Å². The molecule has 0 bridgehead atoms. The van der Waals surface area contributed by atoms with Crippen LogP contribution in [0.1, 0.15) is 21.6 Å². The lowest BCUT2D eigenvalue weighted by atomic mass is 10.1. The summed E-state index contributed by atoms with van der Waals surface area (Å²) in [6.45, 7) is 3.47. The second-order valence-electron chi connectivity index (χ2n) is 9.89. The molecule has 0 spiro atoms. The number of likely N-dealkylation sites (N-methyl/N-ethyl adjacent to an activating group) is 1. The Hall–Kier alpha value is -5.16. The standard InChI is InChI=1S/C31H33N9O2/c1-21-16-25-17-22(7-10-27(25)37-29(21)32)30(41)40(39(3)31-33-12-5-13-34-31)20-26-9-6-23(18-35-26)24-8-11-28(36-19-24)38(2)14-15-42-4/h5-13,16-19H,14-15,20H2,1-4H3,(H2,32,37). The zero-order valence-electron chi connectivity index (χ0n) is 24.1. The predicted octanol–water partition coefficient (Wildman–Crippen LogP) is 4.15. The van der Waals surface area contributed by atoms with Crippen molar-refractivity contribution in [3.8, 4) is 11.1 Å². The number of anilines is 3. The maximum Gasteiger partial charge on any atom is 0.272 e. The monoisotopic (exact) mass is 563 g/mol. The first-order chi connectivity index (χ1) is 20.3. The maximum atomic E-state index is 13.9. The fourth-order valence-corrected chi connectivity index (χ4v) is 4.43. The van der Waals surface area contributed by atoms with Gasteiger partial charge in [-0.2, -0.15) is 0 Å². The van der Waals surface area contributed by atoms with E-state index in [0.29, 0.717) is 29.6 Å². The van der Waals surface area contributed by atoms with Gasteiger partial charge in [0.15, 0.2) is 0 Å². The highest BCUT2D eigenvalue weighted by atomic mass is 16.5. The van der Waals surface area contributed by atoms with Crippen molar-refractivity contribution in [1.29, 1.82) is 0 Å². The lowest BCUT2D eigenvalue weighted by molar-refractivity contribution is 0.0727. The zero-order chi connectivity index (χ0) is 29.6. The predicted molar refractivity (Wildman–Crippen MR) is 164 cm³/mol. The number of amides is 1. The van der Waals surface area contributed by atoms with E-state index in [1.807, 2.05) is 61.5 Å². The van der Waals surface area contributed by atoms with Gasteiger partial charge in [0.05, 0.1) is 24.4 Å². The number of carbonyl (C=O) groups excluding carboxylic acids is 1. The minimum atomic E-state index is -0.232. The summed E-state index contributed by atoms with van der Waals surface area (Å²) < 4.78 is 5.15. The minimum absolute atomic E-state index is 0.201. The van der Waals surface area contributed by atoms with Gasteiger partial charge in [0.2, 0.25) is 5.95 Å². The number of methoxy groups -OCH3 is 1. The minimum Gasteiger partial charge on any atom is -0.383 e. The number of nitrogens with two attached hydrogens (primary N) is 1. The maximum absolute atomic E-state index is 13.9. The summed E-state index contributed by atoms with van der Waals surface area (Å²) in [5, 5.41) is 4.04. The van der Waals surface area contributed by atoms with E-state index >= 15 is 0 Å². The Morgan fingerprint density at radius 3 is 2.33 bits per heavy atom. The Balaban J connectivity index is 1.40. The summed E-state index contributed by atoms with van der Waals surface area (Å²) in [6.07, 6.45) is 6.89. The molecule has 214 valence electrons. The topological polar surface area (TPSA) is 126 Å². The first-order valence-corrected chi connectivity index (χ1v) is 13.4. The molecule has 0 aliphatic rings. The molecule has 0 saturated heterocycles. The molecule has 11 heteroatoms. The van der Waals surface area contributed by atoms with Gasteiger partial charge >= 0.3 is 0 Å². The van der Waals surface area contributed by atoms with Crippen LogP contribution < -0.4 is 15.6 Å². The number of fused-ring (bicyclic) bond motifs is 1. The molecule has 5 rings (SSSR count). The van der Waals surface area contributed by atoms with Gasteiger partial charge in [-0.25, -0.2) is 24.9 Å². The van der Waals surface area contributed by atoms with Crippen LogP contribution in [0.4, 0.5) is 17.6 Å². The molecule has 42 heavy (non-hydrogen) atoms. The van der Waals surface area contributed by atoms with Crippen LogP contribution in [0.3, 0.4) is 0 Å². The number of pyridine rings is 3. The van der Waals surface area contributed by atoms with Crippen molar-refractivity contribution in [1.82, 2.24) is 29.9 Å². The van der Waals surface area contributed by atoms with Crippen molar-refractivity contribution >= 4 is 34.4 Å². The number of nitrogens with zero attached hydrogens (tertiary/aromatic N) is 8. The van der Waals surface area contributed by atoms with Crippen molar-refractivity contribution in [2.75, 3.05) is 50.0 Å². The van der Waals surface area contributed by atoms with E-state index in [4.69, 9.17) is 10.5 Å². The molecule has 0 atom stereocenters. The lowest BCUT2D eigenvalue weighted by Gasteiger charge is -2.31. The summed E-state index contributed by atoms with van der Waals surface area (Å²) in [5.41, 5.74) is 10.6. The lowest BCUT2D eigenvalue weighted by Crippen LogP contribution is -2.45. The van der Waals surface area contributed by atoms with Gasteiger partial charge in [0.25, 0.3) is 5.91 Å². The van der Waals surface area contributed by atoms with Crippen LogP contribution in [0.25, 0.3) is 22.0 Å². The van der Waals surface area contributed by atoms with Gasteiger partial charge in [-0.1, -0.05) is 6.07 Å². The molecule has 1 aromatic carbocycles. The Kier molecular flexibility index (Phi) is 8.49. The van der Waals surface area contributed by atoms with Crippen molar-refractivity contribution in [2.45, 2.75) is 13.5 Å². The summed E-state index contributed by atoms with van der Waals surface area (Å²) in [7, 11) is 5.42. The average molecular weight is 564 g/mol. The zero-order valence-corrected chi connectivity index (χ0v) is 24.1. The van der Waals surface area contributed by atoms with Gasteiger partial charge in [0, 0.05) is 74.6 Å². The molecule has 0 fully saturated rings. The molecule has 0 saturated carbocycles. The van der Waals surface area contributed by atoms with Crippen LogP contribution >= 0.6 is 0 Å². The summed E-state index contributed by atoms with van der Waals surface area (Å²) >= 11 is 0. The Labute approximate surface area is 244 Å². The molecule has 0 unspecified atom stereocenters. The third kappa shape index (κ3) is 6.26. The van der Waals surface area contributed by atoms with E-state index in [2.05, 4.69) is 24.9 Å². The number of hydrogen-bond donors (Lipinski definition) is 1. The molecule has 1 amide bonds. The molecule has 4 heterocycles. The number of aryl methyl sites for hydroxylation is 1. The molecule has 0 aliphatic heterocycles. The van der Waals surface area contributed by atoms with Crippen LogP contribution in [-0.2, 0) is 11.3 Å². The molecule has 5 aromatic rings. The van der Waals surface area contributed by atoms with Crippen molar-refractivity contribution in [3.05, 3.63) is 96.2 Å². The number of benzene rings is 1. The highest BCUT2D eigenvalue weighted by Gasteiger charge is 2.24. The van der Waals surface area contributed by atoms with Crippen LogP contribution in [0.2, 0.25) is 0 Å². The molecule has 11 nitrogen and oxygen atoms in total. The number of hydrogen-bond acceptors (Lipinski definition) is 10. The first-order valence-electron chi connectivity index (χ1n) is 13.4. The van der Waals surface area contributed by atoms with Crippen LogP contribution in [0.15, 0.2) is 79.4 Å². The molecular formula is C31H33N9O2. The average Bonchev–Trinajstić information content (AvgIpc) is 3.03. The Morgan fingerprint density at radius 2 is 1.67 bits per heavy atom. The largest absolute Gasteiger partial charge is 0.383 e. The van der Waals surface area contributed by atoms with Crippen molar-refractivity contribution < 1.29 is 9.53 Å². The highest BCUT2D eigenvalue weighted by molar-refractivity contribution is 5.98. The molecule has 2 N–H and O–H groups in total. The number of rotatable bonds is 10. The quantitative estimate of drug-likeness (QED) is 0.248. The smallest absolute Gasteiger partial charge is 0.272 e. The molecule has 4 aromatic heterocycles. The number of ether oxygens (including phenoxy) is 1. The van der Waals surface area contributed by atoms with E-state index in [1.54, 1.807) is 61.0 Å².